The van der Waals surface area contributed by atoms with Gasteiger partial charge in [0.05, 0.1) is 4.92 Å². The Morgan fingerprint density at radius 3 is 2.62 bits per heavy atom. The molecular formula is C13H15N3O4S. The Morgan fingerprint density at radius 2 is 2.05 bits per heavy atom. The predicted molar refractivity (Wildman–Crippen MR) is 82.6 cm³/mol. The maximum atomic E-state index is 11.6. The number of carbonyl (C=O) groups is 1. The van der Waals surface area contributed by atoms with Crippen LogP contribution in [0.4, 0.5) is 5.69 Å². The molecule has 0 fully saturated rings. The van der Waals surface area contributed by atoms with Gasteiger partial charge in [0.15, 0.2) is 5.11 Å². The van der Waals surface area contributed by atoms with E-state index < -0.39 is 10.8 Å². The molecule has 1 rings (SSSR count). The molecule has 0 radical (unpaired) electrons. The van der Waals surface area contributed by atoms with Crippen molar-refractivity contribution in [2.24, 2.45) is 0 Å². The van der Waals surface area contributed by atoms with Gasteiger partial charge in [0.2, 0.25) is 5.91 Å². The molecule has 0 unspecified atom stereocenters. The van der Waals surface area contributed by atoms with Crippen LogP contribution in [-0.4, -0.2) is 34.2 Å². The molecule has 21 heavy (non-hydrogen) atoms. The van der Waals surface area contributed by atoms with Crippen molar-refractivity contribution in [3.8, 4) is 0 Å². The number of aliphatic hydroxyl groups is 1. The second kappa shape index (κ2) is 8.77. The Hall–Kier alpha value is -2.32. The van der Waals surface area contributed by atoms with Gasteiger partial charge in [-0.3, -0.25) is 20.2 Å². The topological polar surface area (TPSA) is 104 Å². The van der Waals surface area contributed by atoms with Gasteiger partial charge < -0.3 is 10.4 Å². The van der Waals surface area contributed by atoms with Crippen molar-refractivity contribution in [2.45, 2.75) is 6.42 Å². The van der Waals surface area contributed by atoms with Crippen LogP contribution in [0.3, 0.4) is 0 Å². The summed E-state index contributed by atoms with van der Waals surface area (Å²) in [5.74, 6) is -0.408. The normalized spacial score (nSPS) is 10.3. The van der Waals surface area contributed by atoms with E-state index in [4.69, 9.17) is 17.3 Å². The minimum Gasteiger partial charge on any atom is -0.396 e. The van der Waals surface area contributed by atoms with E-state index in [1.165, 1.54) is 24.3 Å². The third kappa shape index (κ3) is 6.59. The highest BCUT2D eigenvalue weighted by Crippen LogP contribution is 2.12. The Bertz CT molecular complexity index is 543. The fourth-order valence-corrected chi connectivity index (χ4v) is 1.56. The maximum Gasteiger partial charge on any atom is 0.269 e. The molecule has 3 N–H and O–H groups in total. The molecule has 0 aliphatic rings. The molecule has 0 saturated heterocycles. The molecule has 0 atom stereocenters. The van der Waals surface area contributed by atoms with Crippen LogP contribution in [0.15, 0.2) is 30.3 Å². The van der Waals surface area contributed by atoms with Crippen LogP contribution in [0.1, 0.15) is 12.0 Å². The summed E-state index contributed by atoms with van der Waals surface area (Å²) in [6.45, 7) is 0.519. The van der Waals surface area contributed by atoms with Crippen molar-refractivity contribution in [2.75, 3.05) is 13.2 Å². The van der Waals surface area contributed by atoms with Crippen LogP contribution in [0.25, 0.3) is 6.08 Å². The molecular weight excluding hydrogens is 294 g/mol. The molecule has 112 valence electrons. The number of nitro benzene ring substituents is 1. The summed E-state index contributed by atoms with van der Waals surface area (Å²) in [6.07, 6.45) is 3.34. The van der Waals surface area contributed by atoms with Crippen LogP contribution in [0, 0.1) is 10.1 Å². The first kappa shape index (κ1) is 16.7. The first-order valence-electron chi connectivity index (χ1n) is 6.15. The van der Waals surface area contributed by atoms with Gasteiger partial charge in [-0.15, -0.1) is 0 Å². The van der Waals surface area contributed by atoms with Gasteiger partial charge in [-0.05, 0) is 42.4 Å². The fraction of sp³-hybridized carbons (Fsp3) is 0.231. The second-order valence-corrected chi connectivity index (χ2v) is 4.41. The number of amides is 1. The number of non-ortho nitro benzene ring substituents is 1. The molecule has 0 aromatic heterocycles. The van der Waals surface area contributed by atoms with Crippen molar-refractivity contribution in [3.63, 3.8) is 0 Å². The van der Waals surface area contributed by atoms with Gasteiger partial charge in [-0.2, -0.15) is 0 Å². The van der Waals surface area contributed by atoms with Gasteiger partial charge in [-0.1, -0.05) is 0 Å². The van der Waals surface area contributed by atoms with E-state index in [9.17, 15) is 14.9 Å². The highest BCUT2D eigenvalue weighted by Gasteiger charge is 2.03. The highest BCUT2D eigenvalue weighted by molar-refractivity contribution is 7.80. The van der Waals surface area contributed by atoms with E-state index in [-0.39, 0.29) is 17.4 Å². The average molecular weight is 309 g/mol. The number of hydrogen-bond acceptors (Lipinski definition) is 5. The van der Waals surface area contributed by atoms with Crippen molar-refractivity contribution < 1.29 is 14.8 Å². The number of aliphatic hydroxyl groups excluding tert-OH is 1. The number of benzene rings is 1. The van der Waals surface area contributed by atoms with E-state index in [1.54, 1.807) is 12.1 Å². The van der Waals surface area contributed by atoms with Gasteiger partial charge in [0.1, 0.15) is 0 Å². The van der Waals surface area contributed by atoms with Crippen LogP contribution in [0.2, 0.25) is 0 Å². The first-order chi connectivity index (χ1) is 10.0. The number of thiocarbonyl (C=S) groups is 1. The van der Waals surface area contributed by atoms with Crippen LogP contribution < -0.4 is 10.6 Å². The van der Waals surface area contributed by atoms with E-state index in [2.05, 4.69) is 10.6 Å². The minimum atomic E-state index is -0.489. The summed E-state index contributed by atoms with van der Waals surface area (Å²) in [5, 5.41) is 24.5. The Morgan fingerprint density at radius 1 is 1.38 bits per heavy atom. The molecule has 1 aromatic carbocycles. The molecule has 0 aliphatic heterocycles. The lowest BCUT2D eigenvalue weighted by Gasteiger charge is -2.06. The first-order valence-corrected chi connectivity index (χ1v) is 6.56. The summed E-state index contributed by atoms with van der Waals surface area (Å²) < 4.78 is 0. The number of nitrogens with one attached hydrogen (secondary N) is 2. The van der Waals surface area contributed by atoms with Crippen LogP contribution in [0.5, 0.6) is 0 Å². The largest absolute Gasteiger partial charge is 0.396 e. The van der Waals surface area contributed by atoms with E-state index in [0.717, 1.165) is 0 Å². The molecule has 1 aromatic rings. The SMILES string of the molecule is O=C(/C=C/c1ccc([N+](=O)[O-])cc1)NC(=S)NCCCO. The quantitative estimate of drug-likeness (QED) is 0.238. The number of hydrogen-bond donors (Lipinski definition) is 3. The zero-order valence-electron chi connectivity index (χ0n) is 11.1. The third-order valence-electron chi connectivity index (χ3n) is 2.39. The third-order valence-corrected chi connectivity index (χ3v) is 2.63. The van der Waals surface area contributed by atoms with E-state index >= 15 is 0 Å². The summed E-state index contributed by atoms with van der Waals surface area (Å²) in [4.78, 5) is 21.6. The van der Waals surface area contributed by atoms with Gasteiger partial charge in [0, 0.05) is 31.4 Å². The highest BCUT2D eigenvalue weighted by atomic mass is 32.1. The lowest BCUT2D eigenvalue weighted by Crippen LogP contribution is -2.38. The number of carbonyl (C=O) groups excluding carboxylic acids is 1. The van der Waals surface area contributed by atoms with Crippen LogP contribution >= 0.6 is 12.2 Å². The molecule has 0 bridgehead atoms. The zero-order chi connectivity index (χ0) is 15.7. The molecule has 1 amide bonds. The molecule has 7 nitrogen and oxygen atoms in total. The van der Waals surface area contributed by atoms with Gasteiger partial charge >= 0.3 is 0 Å². The number of nitro groups is 1. The molecule has 0 aliphatic carbocycles. The molecule has 0 saturated carbocycles. The monoisotopic (exact) mass is 309 g/mol. The maximum absolute atomic E-state index is 11.6. The lowest BCUT2D eigenvalue weighted by molar-refractivity contribution is -0.384. The van der Waals surface area contributed by atoms with Crippen molar-refractivity contribution in [1.82, 2.24) is 10.6 Å². The standard InChI is InChI=1S/C13H15N3O4S/c17-9-1-8-14-13(21)15-12(18)7-4-10-2-5-11(6-3-10)16(19)20/h2-7,17H,1,8-9H2,(H2,14,15,18,21)/b7-4+. The van der Waals surface area contributed by atoms with Crippen molar-refractivity contribution >= 4 is 35.0 Å². The predicted octanol–water partition coefficient (Wildman–Crippen LogP) is 0.981. The fourth-order valence-electron chi connectivity index (χ4n) is 1.36. The van der Waals surface area contributed by atoms with Gasteiger partial charge in [0.25, 0.3) is 5.69 Å². The zero-order valence-corrected chi connectivity index (χ0v) is 11.9. The van der Waals surface area contributed by atoms with Crippen molar-refractivity contribution in [1.29, 1.82) is 0 Å². The molecule has 0 spiro atoms. The molecule has 0 heterocycles. The summed E-state index contributed by atoms with van der Waals surface area (Å²) in [6, 6.07) is 5.80. The number of rotatable bonds is 6. The summed E-state index contributed by atoms with van der Waals surface area (Å²) in [5.41, 5.74) is 0.653. The van der Waals surface area contributed by atoms with Crippen molar-refractivity contribution in [3.05, 3.63) is 46.0 Å². The average Bonchev–Trinajstić information content (AvgIpc) is 2.46. The Balaban J connectivity index is 2.46. The summed E-state index contributed by atoms with van der Waals surface area (Å²) in [7, 11) is 0. The summed E-state index contributed by atoms with van der Waals surface area (Å²) >= 11 is 4.89. The number of nitrogens with zero attached hydrogens (tertiary/aromatic N) is 1. The van der Waals surface area contributed by atoms with Gasteiger partial charge in [-0.25, -0.2) is 0 Å². The van der Waals surface area contributed by atoms with E-state index in [0.29, 0.717) is 18.5 Å². The Kier molecular flexibility index (Phi) is 6.99. The molecule has 8 heteroatoms. The van der Waals surface area contributed by atoms with Crippen LogP contribution in [-0.2, 0) is 4.79 Å². The minimum absolute atomic E-state index is 0.00846. The second-order valence-electron chi connectivity index (χ2n) is 4.00. The smallest absolute Gasteiger partial charge is 0.269 e. The lowest BCUT2D eigenvalue weighted by atomic mass is 10.2. The van der Waals surface area contributed by atoms with E-state index in [1.807, 2.05) is 0 Å². The Labute approximate surface area is 126 Å².